The summed E-state index contributed by atoms with van der Waals surface area (Å²) < 4.78 is 43.0. The number of benzene rings is 1. The number of aromatic nitrogens is 3. The van der Waals surface area contributed by atoms with Gasteiger partial charge >= 0.3 is 18.2 Å². The number of piperazine rings is 1. The number of aliphatic carboxylic acids is 1. The van der Waals surface area contributed by atoms with Crippen LogP contribution in [-0.4, -0.2) is 76.4 Å². The Morgan fingerprint density at radius 1 is 1.11 bits per heavy atom. The third-order valence-electron chi connectivity index (χ3n) is 5.88. The molecule has 14 heteroatoms. The molecular formula is C23H23F3N6O5. The van der Waals surface area contributed by atoms with Crippen molar-refractivity contribution in [2.75, 3.05) is 38.1 Å². The largest absolute Gasteiger partial charge is 0.490 e. The number of primary amides is 1. The Balaban J connectivity index is 0.000000405. The Hall–Kier alpha value is -4.20. The molecule has 1 aromatic carbocycles. The monoisotopic (exact) mass is 520 g/mol. The van der Waals surface area contributed by atoms with Crippen molar-refractivity contribution in [3.63, 3.8) is 0 Å². The molecule has 0 bridgehead atoms. The van der Waals surface area contributed by atoms with Gasteiger partial charge in [0.05, 0.1) is 0 Å². The van der Waals surface area contributed by atoms with Crippen molar-refractivity contribution in [1.29, 1.82) is 0 Å². The topological polar surface area (TPSA) is 148 Å². The van der Waals surface area contributed by atoms with Crippen molar-refractivity contribution >= 4 is 17.6 Å². The number of anilines is 1. The van der Waals surface area contributed by atoms with Gasteiger partial charge in [-0.25, -0.2) is 9.78 Å². The minimum Gasteiger partial charge on any atom is -0.475 e. The number of fused-ring (bicyclic) bond motifs is 3. The second-order valence-corrected chi connectivity index (χ2v) is 8.42. The maximum absolute atomic E-state index is 11.5. The van der Waals surface area contributed by atoms with E-state index in [1.54, 1.807) is 6.20 Å². The molecule has 1 fully saturated rings. The van der Waals surface area contributed by atoms with Crippen molar-refractivity contribution in [1.82, 2.24) is 20.0 Å². The number of nitrogens with two attached hydrogens (primary N) is 1. The molecule has 1 saturated heterocycles. The normalized spacial score (nSPS) is 15.2. The summed E-state index contributed by atoms with van der Waals surface area (Å²) in [5.41, 5.74) is 8.93. The number of hydrogen-bond donors (Lipinski definition) is 2. The first-order valence-corrected chi connectivity index (χ1v) is 11.2. The summed E-state index contributed by atoms with van der Waals surface area (Å²) in [5, 5.41) is 10.9. The van der Waals surface area contributed by atoms with Crippen molar-refractivity contribution in [3.05, 3.63) is 47.3 Å². The highest BCUT2D eigenvalue weighted by Gasteiger charge is 2.38. The zero-order valence-electron chi connectivity index (χ0n) is 19.7. The molecule has 3 N–H and O–H groups in total. The maximum Gasteiger partial charge on any atom is 0.490 e. The van der Waals surface area contributed by atoms with Gasteiger partial charge in [-0.3, -0.25) is 4.79 Å². The number of halogens is 3. The molecule has 0 unspecified atom stereocenters. The Morgan fingerprint density at radius 3 is 2.35 bits per heavy atom. The molecule has 1 aliphatic heterocycles. The van der Waals surface area contributed by atoms with Crippen LogP contribution < -0.4 is 15.4 Å². The first kappa shape index (κ1) is 25.9. The number of ether oxygens (including phenoxy) is 1. The summed E-state index contributed by atoms with van der Waals surface area (Å²) in [6.07, 6.45) is -2.06. The number of alkyl halides is 3. The van der Waals surface area contributed by atoms with Gasteiger partial charge in [0.25, 0.3) is 5.91 Å². The number of carbonyl (C=O) groups is 2. The smallest absolute Gasteiger partial charge is 0.475 e. The van der Waals surface area contributed by atoms with Crippen LogP contribution >= 0.6 is 0 Å². The van der Waals surface area contributed by atoms with Crippen LogP contribution in [0.1, 0.15) is 21.6 Å². The molecule has 1 amide bonds. The van der Waals surface area contributed by atoms with Gasteiger partial charge in [0.2, 0.25) is 0 Å². The van der Waals surface area contributed by atoms with Crippen molar-refractivity contribution in [2.45, 2.75) is 19.0 Å². The molecule has 5 rings (SSSR count). The molecule has 1 aliphatic carbocycles. The number of nitrogens with zero attached hydrogens (tertiary/aromatic N) is 5. The number of carboxylic acid groups (broad SMARTS) is 1. The zero-order chi connectivity index (χ0) is 26.7. The van der Waals surface area contributed by atoms with E-state index in [4.69, 9.17) is 24.9 Å². The number of carbonyl (C=O) groups excluding carboxylic acids is 1. The van der Waals surface area contributed by atoms with Crippen molar-refractivity contribution in [2.24, 2.45) is 5.73 Å². The van der Waals surface area contributed by atoms with Crippen LogP contribution in [0, 0.1) is 0 Å². The molecule has 0 spiro atoms. The molecule has 2 aliphatic rings. The molecule has 0 saturated carbocycles. The van der Waals surface area contributed by atoms with E-state index in [2.05, 4.69) is 32.0 Å². The fourth-order valence-corrected chi connectivity index (χ4v) is 3.89. The Labute approximate surface area is 208 Å². The Kier molecular flexibility index (Phi) is 7.29. The van der Waals surface area contributed by atoms with Crippen LogP contribution in [0.2, 0.25) is 0 Å². The minimum absolute atomic E-state index is 0.163. The Morgan fingerprint density at radius 2 is 1.76 bits per heavy atom. The van der Waals surface area contributed by atoms with Crippen LogP contribution in [0.3, 0.4) is 0 Å². The van der Waals surface area contributed by atoms with E-state index >= 15 is 0 Å². The van der Waals surface area contributed by atoms with Gasteiger partial charge in [0.15, 0.2) is 11.5 Å². The third-order valence-corrected chi connectivity index (χ3v) is 5.88. The summed E-state index contributed by atoms with van der Waals surface area (Å²) in [5.74, 6) is -2.25. The second kappa shape index (κ2) is 10.4. The van der Waals surface area contributed by atoms with Crippen LogP contribution in [-0.2, 0) is 17.6 Å². The van der Waals surface area contributed by atoms with Crippen LogP contribution in [0.4, 0.5) is 18.9 Å². The lowest BCUT2D eigenvalue weighted by Gasteiger charge is -2.34. The summed E-state index contributed by atoms with van der Waals surface area (Å²) in [4.78, 5) is 34.0. The maximum atomic E-state index is 11.5. The fourth-order valence-electron chi connectivity index (χ4n) is 3.89. The van der Waals surface area contributed by atoms with E-state index in [-0.39, 0.29) is 11.7 Å². The van der Waals surface area contributed by atoms with Crippen LogP contribution in [0.5, 0.6) is 11.8 Å². The number of carboxylic acids is 1. The summed E-state index contributed by atoms with van der Waals surface area (Å²) >= 11 is 0. The molecule has 37 heavy (non-hydrogen) atoms. The third kappa shape index (κ3) is 5.97. The first-order chi connectivity index (χ1) is 17.5. The van der Waals surface area contributed by atoms with Gasteiger partial charge < -0.3 is 29.9 Å². The molecule has 3 heterocycles. The first-order valence-electron chi connectivity index (χ1n) is 11.2. The van der Waals surface area contributed by atoms with Crippen molar-refractivity contribution < 1.29 is 37.1 Å². The molecule has 196 valence electrons. The summed E-state index contributed by atoms with van der Waals surface area (Å²) in [6.45, 7) is 4.14. The minimum atomic E-state index is -5.08. The average Bonchev–Trinajstić information content (AvgIpc) is 3.30. The van der Waals surface area contributed by atoms with E-state index in [9.17, 15) is 18.0 Å². The lowest BCUT2D eigenvalue weighted by molar-refractivity contribution is -0.192. The zero-order valence-corrected chi connectivity index (χ0v) is 19.7. The van der Waals surface area contributed by atoms with Gasteiger partial charge in [-0.2, -0.15) is 18.2 Å². The molecule has 0 radical (unpaired) electrons. The SMILES string of the molecule is CN1CCN(c2ccc(Oc3ncc4c(n3)-c3onc(C(N)=O)c3CC4)cc2)CC1.O=C(O)C(F)(F)F. The van der Waals surface area contributed by atoms with E-state index in [0.717, 1.165) is 31.7 Å². The van der Waals surface area contributed by atoms with Gasteiger partial charge in [0, 0.05) is 49.2 Å². The van der Waals surface area contributed by atoms with E-state index in [1.807, 2.05) is 24.3 Å². The highest BCUT2D eigenvalue weighted by Crippen LogP contribution is 2.35. The standard InChI is InChI=1S/C21H22N6O3.C2HF3O2/c1-26-8-10-27(11-9-26)14-3-5-15(6-4-14)29-21-23-12-13-2-7-16-18(20(22)28)25-30-19(16)17(13)24-21;3-2(4,5)1(6)7/h3-6,12H,2,7-11H2,1H3,(H2,22,28);(H,6,7). The van der Waals surface area contributed by atoms with Gasteiger partial charge in [-0.15, -0.1) is 0 Å². The second-order valence-electron chi connectivity index (χ2n) is 8.42. The number of likely N-dealkylation sites (N-methyl/N-ethyl adjacent to an activating group) is 1. The lowest BCUT2D eigenvalue weighted by atomic mass is 9.94. The number of hydrogen-bond acceptors (Lipinski definition) is 9. The number of amides is 1. The molecule has 0 atom stereocenters. The Bertz CT molecular complexity index is 1290. The highest BCUT2D eigenvalue weighted by molar-refractivity contribution is 5.94. The average molecular weight is 520 g/mol. The quantitative estimate of drug-likeness (QED) is 0.526. The predicted molar refractivity (Wildman–Crippen MR) is 123 cm³/mol. The fraction of sp³-hybridized carbons (Fsp3) is 0.348. The van der Waals surface area contributed by atoms with E-state index < -0.39 is 18.1 Å². The molecular weight excluding hydrogens is 497 g/mol. The van der Waals surface area contributed by atoms with Crippen LogP contribution in [0.15, 0.2) is 35.0 Å². The predicted octanol–water partition coefficient (Wildman–Crippen LogP) is 2.51. The van der Waals surface area contributed by atoms with E-state index in [0.29, 0.717) is 35.6 Å². The van der Waals surface area contributed by atoms with Crippen molar-refractivity contribution in [3.8, 4) is 23.2 Å². The number of aryl methyl sites for hydroxylation is 1. The molecule has 11 nitrogen and oxygen atoms in total. The number of rotatable bonds is 4. The lowest BCUT2D eigenvalue weighted by Crippen LogP contribution is -2.44. The molecule has 3 aromatic rings. The van der Waals surface area contributed by atoms with Crippen LogP contribution in [0.25, 0.3) is 11.5 Å². The highest BCUT2D eigenvalue weighted by atomic mass is 19.4. The van der Waals surface area contributed by atoms with Gasteiger partial charge in [-0.05, 0) is 44.2 Å². The summed E-state index contributed by atoms with van der Waals surface area (Å²) in [6, 6.07) is 8.15. The molecule has 2 aromatic heterocycles. The van der Waals surface area contributed by atoms with Gasteiger partial charge in [0.1, 0.15) is 11.4 Å². The summed E-state index contributed by atoms with van der Waals surface area (Å²) in [7, 11) is 2.14. The van der Waals surface area contributed by atoms with Gasteiger partial charge in [-0.1, -0.05) is 5.16 Å². The van der Waals surface area contributed by atoms with E-state index in [1.165, 1.54) is 5.69 Å².